The fourth-order valence-corrected chi connectivity index (χ4v) is 9.40. The van der Waals surface area contributed by atoms with Crippen LogP contribution in [0.1, 0.15) is 83.7 Å². The third kappa shape index (κ3) is 6.81. The van der Waals surface area contributed by atoms with Crippen LogP contribution in [0.2, 0.25) is 0 Å². The van der Waals surface area contributed by atoms with Gasteiger partial charge in [0.1, 0.15) is 17.8 Å². The molecule has 12 nitrogen and oxygen atoms in total. The van der Waals surface area contributed by atoms with E-state index in [9.17, 15) is 24.0 Å². The maximum atomic E-state index is 13.8. The van der Waals surface area contributed by atoms with Crippen LogP contribution in [0.5, 0.6) is 0 Å². The first-order valence-corrected chi connectivity index (χ1v) is 19.9. The van der Waals surface area contributed by atoms with Gasteiger partial charge in [-0.3, -0.25) is 38.7 Å². The van der Waals surface area contributed by atoms with Gasteiger partial charge in [-0.15, -0.1) is 0 Å². The molecular weight excluding hydrogens is 707 g/mol. The Morgan fingerprint density at radius 1 is 0.804 bits per heavy atom. The Balaban J connectivity index is 0.764. The molecular formula is C44H45N7O5. The van der Waals surface area contributed by atoms with Gasteiger partial charge < -0.3 is 9.88 Å². The number of aryl methyl sites for hydroxylation is 1. The Morgan fingerprint density at radius 2 is 1.57 bits per heavy atom. The molecule has 2 aromatic heterocycles. The Bertz CT molecular complexity index is 2360. The number of hydrogen-bond acceptors (Lipinski definition) is 9. The minimum absolute atomic E-state index is 0.0629. The minimum Gasteiger partial charge on any atom is -0.343 e. The van der Waals surface area contributed by atoms with Crippen LogP contribution >= 0.6 is 0 Å². The number of amides is 3. The number of nitrogens with one attached hydrogen (secondary N) is 1. The molecule has 2 aliphatic carbocycles. The summed E-state index contributed by atoms with van der Waals surface area (Å²) in [6.45, 7) is 4.23. The average Bonchev–Trinajstić information content (AvgIpc) is 3.62. The number of carbonyl (C=O) groups excluding carboxylic acids is 5. The van der Waals surface area contributed by atoms with Crippen LogP contribution < -0.4 is 5.32 Å². The van der Waals surface area contributed by atoms with Crippen molar-refractivity contribution < 1.29 is 24.0 Å². The van der Waals surface area contributed by atoms with E-state index in [1.54, 1.807) is 24.5 Å². The van der Waals surface area contributed by atoms with Crippen molar-refractivity contribution in [3.8, 4) is 11.1 Å². The van der Waals surface area contributed by atoms with Gasteiger partial charge >= 0.3 is 0 Å². The van der Waals surface area contributed by atoms with Crippen LogP contribution in [0.3, 0.4) is 0 Å². The summed E-state index contributed by atoms with van der Waals surface area (Å²) in [4.78, 5) is 79.9. The van der Waals surface area contributed by atoms with Crippen LogP contribution in [0.4, 0.5) is 0 Å². The average molecular weight is 752 g/mol. The highest BCUT2D eigenvalue weighted by molar-refractivity contribution is 6.27. The predicted molar refractivity (Wildman–Crippen MR) is 211 cm³/mol. The van der Waals surface area contributed by atoms with Gasteiger partial charge in [0, 0.05) is 91.0 Å². The van der Waals surface area contributed by atoms with Gasteiger partial charge in [0.15, 0.2) is 5.78 Å². The van der Waals surface area contributed by atoms with Crippen molar-refractivity contribution in [3.63, 3.8) is 0 Å². The zero-order valence-corrected chi connectivity index (χ0v) is 31.4. The molecule has 286 valence electrons. The first kappa shape index (κ1) is 36.1. The molecule has 9 rings (SSSR count). The predicted octanol–water partition coefficient (Wildman–Crippen LogP) is 5.35. The van der Waals surface area contributed by atoms with Gasteiger partial charge in [-0.25, -0.2) is 9.97 Å². The SMILES string of the molecule is O=C1CCC(N2C(=O)c3cccc4cc(CCC(=O)NCN5CCN(C6CCC(n7cc(-c8ccccc8)c8cncnc87)CC6)CC5)cc(c34)C2=O)C(=O)C1. The molecule has 0 radical (unpaired) electrons. The van der Waals surface area contributed by atoms with E-state index >= 15 is 0 Å². The second kappa shape index (κ2) is 15.2. The summed E-state index contributed by atoms with van der Waals surface area (Å²) in [5, 5.41) is 5.51. The molecule has 0 bridgehead atoms. The van der Waals surface area contributed by atoms with Crippen molar-refractivity contribution in [3.05, 3.63) is 96.1 Å². The molecule has 3 amide bonds. The largest absolute Gasteiger partial charge is 0.343 e. The Labute approximate surface area is 324 Å². The summed E-state index contributed by atoms with van der Waals surface area (Å²) >= 11 is 0. The topological polar surface area (TPSA) is 138 Å². The number of nitrogens with zero attached hydrogens (tertiary/aromatic N) is 6. The van der Waals surface area contributed by atoms with E-state index in [2.05, 4.69) is 60.1 Å². The number of hydrogen-bond donors (Lipinski definition) is 1. The maximum absolute atomic E-state index is 13.8. The monoisotopic (exact) mass is 751 g/mol. The maximum Gasteiger partial charge on any atom is 0.262 e. The van der Waals surface area contributed by atoms with Crippen molar-refractivity contribution in [2.75, 3.05) is 32.8 Å². The minimum atomic E-state index is -0.941. The van der Waals surface area contributed by atoms with Gasteiger partial charge in [0.05, 0.1) is 19.1 Å². The molecule has 56 heavy (non-hydrogen) atoms. The molecule has 1 atom stereocenters. The summed E-state index contributed by atoms with van der Waals surface area (Å²) in [6, 6.07) is 19.5. The van der Waals surface area contributed by atoms with E-state index < -0.39 is 23.6 Å². The van der Waals surface area contributed by atoms with Crippen LogP contribution in [-0.4, -0.2) is 103 Å². The lowest BCUT2D eigenvalue weighted by atomic mass is 9.87. The number of fused-ring (bicyclic) bond motifs is 1. The summed E-state index contributed by atoms with van der Waals surface area (Å²) in [5.74, 6) is -1.65. The number of benzene rings is 3. The van der Waals surface area contributed by atoms with E-state index in [1.807, 2.05) is 24.4 Å². The fraction of sp³-hybridized carbons (Fsp3) is 0.386. The van der Waals surface area contributed by atoms with Crippen LogP contribution in [0, 0.1) is 0 Å². The quantitative estimate of drug-likeness (QED) is 0.156. The Morgan fingerprint density at radius 3 is 2.36 bits per heavy atom. The zero-order chi connectivity index (χ0) is 38.3. The third-order valence-electron chi connectivity index (χ3n) is 12.4. The molecule has 3 fully saturated rings. The third-order valence-corrected chi connectivity index (χ3v) is 12.4. The molecule has 4 heterocycles. The number of imide groups is 1. The van der Waals surface area contributed by atoms with Crippen molar-refractivity contribution in [1.82, 2.24) is 34.6 Å². The molecule has 1 N–H and O–H groups in total. The van der Waals surface area contributed by atoms with Gasteiger partial charge in [0.25, 0.3) is 11.8 Å². The number of piperazine rings is 1. The Hall–Kier alpha value is -5.59. The molecule has 2 aliphatic heterocycles. The lowest BCUT2D eigenvalue weighted by Gasteiger charge is -2.42. The van der Waals surface area contributed by atoms with Crippen molar-refractivity contribution in [1.29, 1.82) is 0 Å². The number of aromatic nitrogens is 3. The smallest absolute Gasteiger partial charge is 0.262 e. The summed E-state index contributed by atoms with van der Waals surface area (Å²) in [7, 11) is 0. The summed E-state index contributed by atoms with van der Waals surface area (Å²) in [5.41, 5.74) is 4.91. The zero-order valence-electron chi connectivity index (χ0n) is 31.4. The lowest BCUT2D eigenvalue weighted by molar-refractivity contribution is -0.132. The van der Waals surface area contributed by atoms with Gasteiger partial charge in [0.2, 0.25) is 5.91 Å². The van der Waals surface area contributed by atoms with Crippen molar-refractivity contribution in [2.45, 2.75) is 75.9 Å². The highest BCUT2D eigenvalue weighted by atomic mass is 16.2. The normalized spacial score (nSPS) is 22.3. The summed E-state index contributed by atoms with van der Waals surface area (Å²) < 4.78 is 2.38. The lowest BCUT2D eigenvalue weighted by Crippen LogP contribution is -2.53. The van der Waals surface area contributed by atoms with Crippen LogP contribution in [-0.2, 0) is 20.8 Å². The van der Waals surface area contributed by atoms with Gasteiger partial charge in [-0.05, 0) is 67.2 Å². The number of carbonyl (C=O) groups is 5. The second-order valence-corrected chi connectivity index (χ2v) is 15.7. The summed E-state index contributed by atoms with van der Waals surface area (Å²) in [6.07, 6.45) is 11.1. The fourth-order valence-electron chi connectivity index (χ4n) is 9.40. The molecule has 1 saturated heterocycles. The van der Waals surface area contributed by atoms with Crippen LogP contribution in [0.25, 0.3) is 32.9 Å². The first-order chi connectivity index (χ1) is 27.3. The molecule has 0 spiro atoms. The first-order valence-electron chi connectivity index (χ1n) is 19.9. The second-order valence-electron chi connectivity index (χ2n) is 15.7. The van der Waals surface area contributed by atoms with E-state index in [0.29, 0.717) is 41.7 Å². The van der Waals surface area contributed by atoms with E-state index in [0.717, 1.165) is 78.7 Å². The number of rotatable bonds is 9. The molecule has 3 aromatic carbocycles. The van der Waals surface area contributed by atoms with Crippen molar-refractivity contribution in [2.24, 2.45) is 0 Å². The highest BCUT2D eigenvalue weighted by Crippen LogP contribution is 2.38. The van der Waals surface area contributed by atoms with E-state index in [-0.39, 0.29) is 37.4 Å². The van der Waals surface area contributed by atoms with Gasteiger partial charge in [-0.1, -0.05) is 48.5 Å². The molecule has 5 aromatic rings. The number of Topliss-reactive ketones (excluding diaryl/α,β-unsaturated/α-hetero) is 2. The Kier molecular flexibility index (Phi) is 9.76. The number of ketones is 2. The molecule has 2 saturated carbocycles. The van der Waals surface area contributed by atoms with Crippen LogP contribution in [0.15, 0.2) is 79.4 Å². The highest BCUT2D eigenvalue weighted by Gasteiger charge is 2.42. The molecule has 1 unspecified atom stereocenters. The van der Waals surface area contributed by atoms with E-state index in [1.165, 1.54) is 11.1 Å². The van der Waals surface area contributed by atoms with Crippen molar-refractivity contribution >= 4 is 51.1 Å². The standard InChI is InChI=1S/C44H45N7O5/c52-33-14-15-38(39(53)23-33)51-43(55)34-8-4-7-30-21-28(22-35(41(30)34)44(51)56)9-16-40(54)47-27-48-17-19-49(20-18-48)31-10-12-32(13-11-31)50-25-37(29-5-2-1-3-6-29)36-24-45-26-46-42(36)50/h1-8,21-22,24-26,31-32,38H,9-20,23,27H2,(H,47,54). The van der Waals surface area contributed by atoms with Gasteiger partial charge in [-0.2, -0.15) is 0 Å². The molecule has 12 heteroatoms. The molecule has 4 aliphatic rings. The van der Waals surface area contributed by atoms with E-state index in [4.69, 9.17) is 0 Å².